The van der Waals surface area contributed by atoms with Crippen LogP contribution in [0.3, 0.4) is 0 Å². The van der Waals surface area contributed by atoms with Crippen LogP contribution in [0.4, 0.5) is 0 Å². The van der Waals surface area contributed by atoms with Gasteiger partial charge in [-0.1, -0.05) is 33.1 Å². The molecule has 4 rings (SSSR count). The molecule has 31 heavy (non-hydrogen) atoms. The summed E-state index contributed by atoms with van der Waals surface area (Å²) in [5, 5.41) is 14.7. The number of carbonyl (C=O) groups is 1. The molecule has 3 heterocycles. The first kappa shape index (κ1) is 21.0. The van der Waals surface area contributed by atoms with Crippen molar-refractivity contribution in [2.45, 2.75) is 64.8 Å². The second-order valence-corrected chi connectivity index (χ2v) is 8.38. The highest BCUT2D eigenvalue weighted by molar-refractivity contribution is 5.90. The topological polar surface area (TPSA) is 98.6 Å². The van der Waals surface area contributed by atoms with E-state index in [9.17, 15) is 10.1 Å². The van der Waals surface area contributed by atoms with Gasteiger partial charge in [-0.15, -0.1) is 0 Å². The van der Waals surface area contributed by atoms with Gasteiger partial charge >= 0.3 is 5.97 Å². The summed E-state index contributed by atoms with van der Waals surface area (Å²) >= 11 is 0. The molecule has 0 aromatic carbocycles. The highest BCUT2D eigenvalue weighted by Gasteiger charge is 2.27. The van der Waals surface area contributed by atoms with E-state index >= 15 is 0 Å². The Morgan fingerprint density at radius 2 is 2.16 bits per heavy atom. The molecular formula is C23H28N6O2. The predicted octanol–water partition coefficient (Wildman–Crippen LogP) is 4.33. The van der Waals surface area contributed by atoms with E-state index in [4.69, 9.17) is 4.84 Å². The first-order valence-electron chi connectivity index (χ1n) is 11.1. The van der Waals surface area contributed by atoms with Gasteiger partial charge in [-0.2, -0.15) is 15.1 Å². The number of nitrogens with zero attached hydrogens (tertiary/aromatic N) is 6. The lowest BCUT2D eigenvalue weighted by Gasteiger charge is -2.21. The lowest BCUT2D eigenvalue weighted by atomic mass is 9.96. The number of fused-ring (bicyclic) bond motifs is 1. The van der Waals surface area contributed by atoms with Crippen molar-refractivity contribution in [2.24, 2.45) is 11.8 Å². The van der Waals surface area contributed by atoms with Gasteiger partial charge in [0.25, 0.3) is 0 Å². The van der Waals surface area contributed by atoms with Gasteiger partial charge in [0.1, 0.15) is 6.33 Å². The summed E-state index contributed by atoms with van der Waals surface area (Å²) < 4.78 is 3.34. The van der Waals surface area contributed by atoms with E-state index in [2.05, 4.69) is 21.1 Å². The van der Waals surface area contributed by atoms with Crippen molar-refractivity contribution in [1.29, 1.82) is 5.26 Å². The molecule has 162 valence electrons. The minimum atomic E-state index is -0.275. The molecule has 0 amide bonds. The van der Waals surface area contributed by atoms with E-state index in [-0.39, 0.29) is 17.9 Å². The number of hydrogen-bond donors (Lipinski definition) is 0. The standard InChI is InChI=1S/C23H28N6O2/c1-3-6-16(2)23(30)31-29-12-10-19-21(25-15-26-22(19)29)18-13-27-28(14-18)20(9-11-24)17-7-4-5-8-17/h10,12-17,20H,3-9H2,1-2H3/t16?,20-/m1/s1. The van der Waals surface area contributed by atoms with Crippen molar-refractivity contribution in [3.05, 3.63) is 31.0 Å². The molecule has 8 nitrogen and oxygen atoms in total. The molecule has 1 aliphatic rings. The Labute approximate surface area is 181 Å². The lowest BCUT2D eigenvalue weighted by molar-refractivity contribution is -0.148. The van der Waals surface area contributed by atoms with Crippen LogP contribution in [0.5, 0.6) is 0 Å². The van der Waals surface area contributed by atoms with Crippen molar-refractivity contribution < 1.29 is 9.63 Å². The Kier molecular flexibility index (Phi) is 6.31. The first-order chi connectivity index (χ1) is 15.1. The summed E-state index contributed by atoms with van der Waals surface area (Å²) in [6.45, 7) is 3.91. The van der Waals surface area contributed by atoms with E-state index in [1.165, 1.54) is 23.9 Å². The van der Waals surface area contributed by atoms with Gasteiger partial charge in [0.05, 0.1) is 36.3 Å². The van der Waals surface area contributed by atoms with Gasteiger partial charge in [0, 0.05) is 23.3 Å². The van der Waals surface area contributed by atoms with Crippen molar-refractivity contribution in [3.63, 3.8) is 0 Å². The van der Waals surface area contributed by atoms with E-state index in [1.54, 1.807) is 12.4 Å². The average molecular weight is 421 g/mol. The van der Waals surface area contributed by atoms with E-state index in [0.717, 1.165) is 42.3 Å². The number of rotatable bonds is 8. The Morgan fingerprint density at radius 1 is 1.35 bits per heavy atom. The SMILES string of the molecule is CCCC(C)C(=O)On1ccc2c(-c3cnn([C@H](CC#N)C4CCCC4)c3)ncnc21. The fourth-order valence-corrected chi connectivity index (χ4v) is 4.52. The first-order valence-corrected chi connectivity index (χ1v) is 11.1. The third-order valence-corrected chi connectivity index (χ3v) is 6.22. The van der Waals surface area contributed by atoms with E-state index in [1.807, 2.05) is 30.8 Å². The highest BCUT2D eigenvalue weighted by atomic mass is 16.7. The summed E-state index contributed by atoms with van der Waals surface area (Å²) in [6.07, 6.45) is 13.8. The third-order valence-electron chi connectivity index (χ3n) is 6.22. The molecule has 8 heteroatoms. The van der Waals surface area contributed by atoms with Crippen molar-refractivity contribution in [2.75, 3.05) is 0 Å². The normalized spacial score (nSPS) is 16.3. The van der Waals surface area contributed by atoms with Crippen LogP contribution in [-0.4, -0.2) is 30.4 Å². The zero-order chi connectivity index (χ0) is 21.8. The van der Waals surface area contributed by atoms with Crippen LogP contribution in [0.1, 0.15) is 64.8 Å². The van der Waals surface area contributed by atoms with Crippen LogP contribution in [0, 0.1) is 23.2 Å². The van der Waals surface area contributed by atoms with Gasteiger partial charge in [-0.05, 0) is 31.2 Å². The average Bonchev–Trinajstić information content (AvgIpc) is 3.53. The van der Waals surface area contributed by atoms with Crippen LogP contribution in [0.25, 0.3) is 22.3 Å². The molecule has 0 saturated heterocycles. The van der Waals surface area contributed by atoms with Crippen molar-refractivity contribution in [3.8, 4) is 17.3 Å². The zero-order valence-electron chi connectivity index (χ0n) is 18.1. The number of hydrogen-bond acceptors (Lipinski definition) is 6. The fourth-order valence-electron chi connectivity index (χ4n) is 4.52. The Hall–Kier alpha value is -3.21. The highest BCUT2D eigenvalue weighted by Crippen LogP contribution is 2.36. The second-order valence-electron chi connectivity index (χ2n) is 8.38. The monoisotopic (exact) mass is 420 g/mol. The molecule has 1 saturated carbocycles. The predicted molar refractivity (Wildman–Crippen MR) is 116 cm³/mol. The summed E-state index contributed by atoms with van der Waals surface area (Å²) in [4.78, 5) is 26.7. The summed E-state index contributed by atoms with van der Waals surface area (Å²) in [7, 11) is 0. The fraction of sp³-hybridized carbons (Fsp3) is 0.522. The van der Waals surface area contributed by atoms with E-state index < -0.39 is 0 Å². The summed E-state index contributed by atoms with van der Waals surface area (Å²) in [6, 6.07) is 4.26. The Bertz CT molecular complexity index is 1090. The molecule has 0 aliphatic heterocycles. The minimum absolute atomic E-state index is 0.0872. The second kappa shape index (κ2) is 9.29. The molecule has 0 N–H and O–H groups in total. The molecular weight excluding hydrogens is 392 g/mol. The molecule has 0 radical (unpaired) electrons. The van der Waals surface area contributed by atoms with Crippen LogP contribution in [0.15, 0.2) is 31.0 Å². The van der Waals surface area contributed by atoms with Gasteiger partial charge in [0.15, 0.2) is 5.65 Å². The van der Waals surface area contributed by atoms with Gasteiger partial charge in [0.2, 0.25) is 0 Å². The van der Waals surface area contributed by atoms with Crippen LogP contribution >= 0.6 is 0 Å². The van der Waals surface area contributed by atoms with Crippen molar-refractivity contribution in [1.82, 2.24) is 24.5 Å². The molecule has 1 aliphatic carbocycles. The minimum Gasteiger partial charge on any atom is -0.335 e. The van der Waals surface area contributed by atoms with Crippen LogP contribution in [0.2, 0.25) is 0 Å². The smallest absolute Gasteiger partial charge is 0.335 e. The third kappa shape index (κ3) is 4.31. The lowest BCUT2D eigenvalue weighted by Crippen LogP contribution is -2.25. The maximum absolute atomic E-state index is 12.3. The molecule has 2 atom stereocenters. The van der Waals surface area contributed by atoms with E-state index in [0.29, 0.717) is 18.0 Å². The summed E-state index contributed by atoms with van der Waals surface area (Å²) in [5.41, 5.74) is 2.13. The van der Waals surface area contributed by atoms with Gasteiger partial charge < -0.3 is 4.84 Å². The Balaban J connectivity index is 1.61. The number of carbonyl (C=O) groups excluding carboxylic acids is 1. The van der Waals surface area contributed by atoms with Crippen LogP contribution in [-0.2, 0) is 4.79 Å². The number of aromatic nitrogens is 5. The molecule has 0 spiro atoms. The Morgan fingerprint density at radius 3 is 2.90 bits per heavy atom. The van der Waals surface area contributed by atoms with Crippen LogP contribution < -0.4 is 4.84 Å². The maximum atomic E-state index is 12.3. The maximum Gasteiger partial charge on any atom is 0.335 e. The molecule has 1 unspecified atom stereocenters. The molecule has 3 aromatic rings. The molecule has 0 bridgehead atoms. The molecule has 1 fully saturated rings. The van der Waals surface area contributed by atoms with Gasteiger partial charge in [-0.3, -0.25) is 4.68 Å². The zero-order valence-corrected chi connectivity index (χ0v) is 18.1. The quantitative estimate of drug-likeness (QED) is 0.538. The number of nitriles is 1. The molecule has 3 aromatic heterocycles. The van der Waals surface area contributed by atoms with Gasteiger partial charge in [-0.25, -0.2) is 14.8 Å². The van der Waals surface area contributed by atoms with Crippen molar-refractivity contribution >= 4 is 17.0 Å². The largest absolute Gasteiger partial charge is 0.335 e. The summed E-state index contributed by atoms with van der Waals surface area (Å²) in [5.74, 6) is 0.0429.